The Morgan fingerprint density at radius 1 is 1.22 bits per heavy atom. The second kappa shape index (κ2) is 11.9. The number of rotatable bonds is 10. The van der Waals surface area contributed by atoms with E-state index >= 15 is 0 Å². The Labute approximate surface area is 218 Å². The molecule has 1 aromatic heterocycles. The molecule has 0 radical (unpaired) electrons. The summed E-state index contributed by atoms with van der Waals surface area (Å²) < 4.78 is 26.7. The van der Waals surface area contributed by atoms with Gasteiger partial charge in [0.1, 0.15) is 24.1 Å². The molecule has 0 saturated carbocycles. The number of halogens is 2. The zero-order valence-electron chi connectivity index (χ0n) is 20.7. The first kappa shape index (κ1) is 26.2. The highest BCUT2D eigenvalue weighted by Crippen LogP contribution is 2.35. The van der Waals surface area contributed by atoms with E-state index in [0.29, 0.717) is 50.9 Å². The molecule has 1 unspecified atom stereocenters. The Bertz CT molecular complexity index is 1200. The van der Waals surface area contributed by atoms with Crippen molar-refractivity contribution in [2.45, 2.75) is 25.4 Å². The Kier molecular flexibility index (Phi) is 8.71. The van der Waals surface area contributed by atoms with Crippen molar-refractivity contribution in [1.82, 2.24) is 19.8 Å². The number of aromatic nitrogens is 2. The molecule has 2 heterocycles. The first-order valence-corrected chi connectivity index (χ1v) is 12.7. The van der Waals surface area contributed by atoms with Gasteiger partial charge in [0.15, 0.2) is 17.8 Å². The molecular weight excluding hydrogens is 529 g/mol. The van der Waals surface area contributed by atoms with Crippen LogP contribution in [0.15, 0.2) is 41.1 Å². The van der Waals surface area contributed by atoms with Crippen molar-refractivity contribution >= 4 is 44.6 Å². The lowest BCUT2D eigenvalue weighted by Gasteiger charge is -2.37. The minimum atomic E-state index is -0.391. The van der Waals surface area contributed by atoms with Gasteiger partial charge in [-0.25, -0.2) is 14.4 Å². The number of anilines is 2. The maximum absolute atomic E-state index is 14.4. The normalized spacial score (nSPS) is 15.7. The number of likely N-dealkylation sites (tertiary alicyclic amines) is 1. The number of piperidine rings is 1. The lowest BCUT2D eigenvalue weighted by atomic mass is 9.93. The van der Waals surface area contributed by atoms with Crippen LogP contribution in [0.25, 0.3) is 10.9 Å². The number of carbonyl (C=O) groups excluding carboxylic acids is 1. The van der Waals surface area contributed by atoms with Gasteiger partial charge in [0.05, 0.1) is 24.9 Å². The molecule has 4 rings (SSSR count). The maximum atomic E-state index is 14.4. The van der Waals surface area contributed by atoms with E-state index < -0.39 is 5.82 Å². The number of ether oxygens (including phenoxy) is 2. The summed E-state index contributed by atoms with van der Waals surface area (Å²) >= 11 is 3.27. The largest absolute Gasteiger partial charge is 0.493 e. The van der Waals surface area contributed by atoms with E-state index in [1.165, 1.54) is 12.4 Å². The van der Waals surface area contributed by atoms with Gasteiger partial charge >= 0.3 is 0 Å². The van der Waals surface area contributed by atoms with Crippen molar-refractivity contribution in [3.63, 3.8) is 0 Å². The zero-order chi connectivity index (χ0) is 25.7. The van der Waals surface area contributed by atoms with Crippen LogP contribution in [0.1, 0.15) is 19.3 Å². The second-order valence-corrected chi connectivity index (χ2v) is 10.0. The molecule has 192 valence electrons. The van der Waals surface area contributed by atoms with Crippen molar-refractivity contribution in [2.75, 3.05) is 46.2 Å². The average Bonchev–Trinajstić information content (AvgIpc) is 2.86. The molecule has 3 aromatic rings. The smallest absolute Gasteiger partial charge is 0.163 e. The molecule has 0 amide bonds. The molecule has 0 spiro atoms. The highest BCUT2D eigenvalue weighted by atomic mass is 79.9. The quantitative estimate of drug-likeness (QED) is 0.353. The van der Waals surface area contributed by atoms with Crippen LogP contribution in [0.5, 0.6) is 11.5 Å². The van der Waals surface area contributed by atoms with E-state index in [1.807, 2.05) is 31.1 Å². The van der Waals surface area contributed by atoms with Gasteiger partial charge in [-0.3, -0.25) is 9.80 Å². The number of carbonyl (C=O) groups is 1. The molecule has 1 atom stereocenters. The average molecular weight is 560 g/mol. The van der Waals surface area contributed by atoms with Crippen molar-refractivity contribution in [3.8, 4) is 11.5 Å². The van der Waals surface area contributed by atoms with Gasteiger partial charge in [0.2, 0.25) is 0 Å². The molecule has 10 heteroatoms. The molecule has 36 heavy (non-hydrogen) atoms. The number of likely N-dealkylation sites (N-methyl/N-ethyl adjacent to an activating group) is 1. The van der Waals surface area contributed by atoms with Crippen LogP contribution >= 0.6 is 15.9 Å². The van der Waals surface area contributed by atoms with Gasteiger partial charge in [0.25, 0.3) is 0 Å². The third kappa shape index (κ3) is 6.11. The SMILES string of the molecule is COc1cc2c(Nc3ccc(Br)cc3F)ncnc2cc1OCCC1CCN(C(C=O)N(C)C)CC1. The highest BCUT2D eigenvalue weighted by Gasteiger charge is 2.26. The fourth-order valence-electron chi connectivity index (χ4n) is 4.53. The Balaban J connectivity index is 1.41. The third-order valence-electron chi connectivity index (χ3n) is 6.56. The predicted octanol–water partition coefficient (Wildman–Crippen LogP) is 4.85. The summed E-state index contributed by atoms with van der Waals surface area (Å²) in [5.74, 6) is 1.80. The molecule has 0 bridgehead atoms. The molecule has 1 fully saturated rings. The first-order valence-electron chi connectivity index (χ1n) is 11.9. The number of fused-ring (bicyclic) bond motifs is 1. The van der Waals surface area contributed by atoms with Crippen molar-refractivity contribution in [3.05, 3.63) is 46.9 Å². The van der Waals surface area contributed by atoms with Crippen LogP contribution in [-0.2, 0) is 4.79 Å². The number of benzene rings is 2. The van der Waals surface area contributed by atoms with E-state index in [1.54, 1.807) is 19.2 Å². The van der Waals surface area contributed by atoms with Crippen LogP contribution in [-0.4, -0.2) is 73.1 Å². The number of nitrogens with one attached hydrogen (secondary N) is 1. The van der Waals surface area contributed by atoms with Crippen molar-refractivity contribution in [2.24, 2.45) is 5.92 Å². The van der Waals surface area contributed by atoms with Crippen molar-refractivity contribution < 1.29 is 18.7 Å². The zero-order valence-corrected chi connectivity index (χ0v) is 22.3. The van der Waals surface area contributed by atoms with E-state index in [4.69, 9.17) is 9.47 Å². The number of nitrogens with zero attached hydrogens (tertiary/aromatic N) is 4. The summed E-state index contributed by atoms with van der Waals surface area (Å²) in [6.45, 7) is 2.35. The summed E-state index contributed by atoms with van der Waals surface area (Å²) in [7, 11) is 5.45. The Morgan fingerprint density at radius 3 is 2.67 bits per heavy atom. The van der Waals surface area contributed by atoms with Gasteiger partial charge in [-0.05, 0) is 63.5 Å². The van der Waals surface area contributed by atoms with Gasteiger partial charge in [-0.15, -0.1) is 0 Å². The van der Waals surface area contributed by atoms with Crippen LogP contribution in [0.2, 0.25) is 0 Å². The van der Waals surface area contributed by atoms with Gasteiger partial charge in [0, 0.05) is 29.0 Å². The summed E-state index contributed by atoms with van der Waals surface area (Å²) in [6.07, 6.45) is 5.27. The van der Waals surface area contributed by atoms with Gasteiger partial charge < -0.3 is 19.6 Å². The van der Waals surface area contributed by atoms with E-state index in [9.17, 15) is 9.18 Å². The minimum absolute atomic E-state index is 0.161. The number of hydrogen-bond donors (Lipinski definition) is 1. The fourth-order valence-corrected chi connectivity index (χ4v) is 4.86. The monoisotopic (exact) mass is 559 g/mol. The van der Waals surface area contributed by atoms with Crippen LogP contribution in [0.3, 0.4) is 0 Å². The molecule has 8 nitrogen and oxygen atoms in total. The molecule has 1 saturated heterocycles. The summed E-state index contributed by atoms with van der Waals surface area (Å²) in [4.78, 5) is 24.3. The molecule has 2 aromatic carbocycles. The topological polar surface area (TPSA) is 79.8 Å². The van der Waals surface area contributed by atoms with E-state index in [0.717, 1.165) is 38.6 Å². The summed E-state index contributed by atoms with van der Waals surface area (Å²) in [5, 5.41) is 3.75. The van der Waals surface area contributed by atoms with E-state index in [2.05, 4.69) is 36.1 Å². The molecular formula is C26H31BrFN5O3. The van der Waals surface area contributed by atoms with Gasteiger partial charge in [-0.2, -0.15) is 0 Å². The molecule has 1 aliphatic rings. The van der Waals surface area contributed by atoms with Gasteiger partial charge in [-0.1, -0.05) is 15.9 Å². The van der Waals surface area contributed by atoms with E-state index in [-0.39, 0.29) is 6.17 Å². The molecule has 1 aliphatic heterocycles. The number of methoxy groups -OCH3 is 1. The Hall–Kier alpha value is -2.82. The fraction of sp³-hybridized carbons (Fsp3) is 0.423. The lowest BCUT2D eigenvalue weighted by molar-refractivity contribution is -0.118. The predicted molar refractivity (Wildman–Crippen MR) is 141 cm³/mol. The van der Waals surface area contributed by atoms with Crippen LogP contribution in [0, 0.1) is 11.7 Å². The number of hydrogen-bond acceptors (Lipinski definition) is 8. The molecule has 1 N–H and O–H groups in total. The van der Waals surface area contributed by atoms with Crippen LogP contribution in [0.4, 0.5) is 15.9 Å². The lowest BCUT2D eigenvalue weighted by Crippen LogP contribution is -2.49. The van der Waals surface area contributed by atoms with Crippen LogP contribution < -0.4 is 14.8 Å². The highest BCUT2D eigenvalue weighted by molar-refractivity contribution is 9.10. The first-order chi connectivity index (χ1) is 17.4. The third-order valence-corrected chi connectivity index (χ3v) is 7.06. The number of aldehydes is 1. The summed E-state index contributed by atoms with van der Waals surface area (Å²) in [5.41, 5.74) is 0.978. The van der Waals surface area contributed by atoms with Crippen molar-refractivity contribution in [1.29, 1.82) is 0 Å². The summed E-state index contributed by atoms with van der Waals surface area (Å²) in [6, 6.07) is 8.43. The maximum Gasteiger partial charge on any atom is 0.163 e. The standard InChI is InChI=1S/C26H31BrFN5O3/c1-32(2)25(15-34)33-9-6-17(7-10-33)8-11-36-24-14-22-19(13-23(24)35-3)26(30-16-29-22)31-21-5-4-18(27)12-20(21)28/h4-5,12-17,25H,6-11H2,1-3H3,(H,29,30,31). The Morgan fingerprint density at radius 2 is 2.00 bits per heavy atom. The minimum Gasteiger partial charge on any atom is -0.493 e. The second-order valence-electron chi connectivity index (χ2n) is 9.12. The molecule has 0 aliphatic carbocycles.